The van der Waals surface area contributed by atoms with Crippen molar-refractivity contribution in [3.8, 4) is 0 Å². The molecule has 2 fully saturated rings. The molecule has 0 saturated carbocycles. The molecule has 2 aliphatic rings. The van der Waals surface area contributed by atoms with E-state index in [-0.39, 0.29) is 24.1 Å². The third-order valence-electron chi connectivity index (χ3n) is 3.25. The minimum Gasteiger partial charge on any atom is -0.376 e. The largest absolute Gasteiger partial charge is 0.376 e. The molecule has 4 nitrogen and oxygen atoms in total. The van der Waals surface area contributed by atoms with Gasteiger partial charge < -0.3 is 15.4 Å². The van der Waals surface area contributed by atoms with Crippen molar-refractivity contribution in [2.75, 3.05) is 13.2 Å². The van der Waals surface area contributed by atoms with Gasteiger partial charge >= 0.3 is 0 Å². The van der Waals surface area contributed by atoms with Gasteiger partial charge in [0.05, 0.1) is 18.2 Å². The van der Waals surface area contributed by atoms with Crippen LogP contribution in [0, 0.1) is 0 Å². The molecule has 14 heavy (non-hydrogen) atoms. The number of hydrogen-bond acceptors (Lipinski definition) is 3. The van der Waals surface area contributed by atoms with E-state index in [4.69, 9.17) is 10.5 Å². The molecule has 2 heterocycles. The molecule has 80 valence electrons. The summed E-state index contributed by atoms with van der Waals surface area (Å²) in [6, 6.07) is -0.0228. The molecule has 0 radical (unpaired) electrons. The fourth-order valence-electron chi connectivity index (χ4n) is 2.39. The Morgan fingerprint density at radius 1 is 1.50 bits per heavy atom. The van der Waals surface area contributed by atoms with Gasteiger partial charge in [-0.05, 0) is 26.2 Å². The normalized spacial score (nSPS) is 39.1. The molecule has 3 unspecified atom stereocenters. The van der Waals surface area contributed by atoms with Crippen LogP contribution in [-0.2, 0) is 9.53 Å². The summed E-state index contributed by atoms with van der Waals surface area (Å²) in [4.78, 5) is 13.7. The maximum absolute atomic E-state index is 11.8. The summed E-state index contributed by atoms with van der Waals surface area (Å²) in [7, 11) is 0. The van der Waals surface area contributed by atoms with Crippen molar-refractivity contribution in [2.45, 2.75) is 44.4 Å². The lowest BCUT2D eigenvalue weighted by atomic mass is 10.0. The Morgan fingerprint density at radius 3 is 2.93 bits per heavy atom. The fourth-order valence-corrected chi connectivity index (χ4v) is 2.39. The van der Waals surface area contributed by atoms with Crippen molar-refractivity contribution in [1.82, 2.24) is 4.90 Å². The van der Waals surface area contributed by atoms with Crippen molar-refractivity contribution in [3.63, 3.8) is 0 Å². The summed E-state index contributed by atoms with van der Waals surface area (Å²) < 4.78 is 5.47. The summed E-state index contributed by atoms with van der Waals surface area (Å²) >= 11 is 0. The smallest absolute Gasteiger partial charge is 0.239 e. The van der Waals surface area contributed by atoms with Gasteiger partial charge in [-0.3, -0.25) is 4.79 Å². The highest BCUT2D eigenvalue weighted by molar-refractivity contribution is 5.82. The van der Waals surface area contributed by atoms with Gasteiger partial charge in [-0.25, -0.2) is 0 Å². The predicted octanol–water partition coefficient (Wildman–Crippen LogP) is 0.113. The van der Waals surface area contributed by atoms with Gasteiger partial charge in [-0.2, -0.15) is 0 Å². The zero-order chi connectivity index (χ0) is 10.1. The summed E-state index contributed by atoms with van der Waals surface area (Å²) in [6.45, 7) is 3.65. The lowest BCUT2D eigenvalue weighted by molar-refractivity contribution is -0.138. The standard InChI is InChI=1S/C10H18N2O2/c1-7-9(4-6-14-7)12-5-2-3-8(11)10(12)13/h7-9H,2-6,11H2,1H3. The minimum atomic E-state index is -0.281. The SMILES string of the molecule is CC1OCCC1N1CCCC(N)C1=O. The molecule has 0 bridgehead atoms. The van der Waals surface area contributed by atoms with Gasteiger partial charge in [0.15, 0.2) is 0 Å². The number of nitrogens with two attached hydrogens (primary N) is 1. The summed E-state index contributed by atoms with van der Waals surface area (Å²) in [5, 5.41) is 0. The summed E-state index contributed by atoms with van der Waals surface area (Å²) in [5.74, 6) is 0.110. The first-order valence-electron chi connectivity index (χ1n) is 5.38. The summed E-state index contributed by atoms with van der Waals surface area (Å²) in [6.07, 6.45) is 2.98. The molecule has 2 N–H and O–H groups in total. The molecule has 0 spiro atoms. The Hall–Kier alpha value is -0.610. The van der Waals surface area contributed by atoms with Gasteiger partial charge in [0, 0.05) is 13.2 Å². The van der Waals surface area contributed by atoms with E-state index < -0.39 is 0 Å². The van der Waals surface area contributed by atoms with E-state index in [2.05, 4.69) is 0 Å². The fraction of sp³-hybridized carbons (Fsp3) is 0.900. The van der Waals surface area contributed by atoms with Crippen molar-refractivity contribution in [2.24, 2.45) is 5.73 Å². The Morgan fingerprint density at radius 2 is 2.29 bits per heavy atom. The van der Waals surface area contributed by atoms with Gasteiger partial charge in [0.1, 0.15) is 0 Å². The van der Waals surface area contributed by atoms with E-state index in [0.29, 0.717) is 0 Å². The summed E-state index contributed by atoms with van der Waals surface area (Å²) in [5.41, 5.74) is 5.75. The Balaban J connectivity index is 2.05. The number of carbonyl (C=O) groups excluding carboxylic acids is 1. The zero-order valence-corrected chi connectivity index (χ0v) is 8.61. The first-order chi connectivity index (χ1) is 6.70. The van der Waals surface area contributed by atoms with Crippen molar-refractivity contribution < 1.29 is 9.53 Å². The van der Waals surface area contributed by atoms with Gasteiger partial charge in [0.2, 0.25) is 5.91 Å². The molecule has 4 heteroatoms. The topological polar surface area (TPSA) is 55.6 Å². The molecule has 2 rings (SSSR count). The maximum atomic E-state index is 11.8. The molecule has 0 aliphatic carbocycles. The second kappa shape index (κ2) is 3.87. The number of piperidine rings is 1. The molecule has 1 amide bonds. The van der Waals surface area contributed by atoms with E-state index in [1.54, 1.807) is 0 Å². The highest BCUT2D eigenvalue weighted by Gasteiger charge is 2.36. The first kappa shape index (κ1) is 9.93. The zero-order valence-electron chi connectivity index (χ0n) is 8.61. The number of amides is 1. The molecular formula is C10H18N2O2. The van der Waals surface area contributed by atoms with Crippen LogP contribution in [0.4, 0.5) is 0 Å². The van der Waals surface area contributed by atoms with Crippen LogP contribution in [0.15, 0.2) is 0 Å². The Bertz CT molecular complexity index is 232. The lowest BCUT2D eigenvalue weighted by Crippen LogP contribution is -2.54. The number of rotatable bonds is 1. The highest BCUT2D eigenvalue weighted by atomic mass is 16.5. The second-order valence-corrected chi connectivity index (χ2v) is 4.21. The van der Waals surface area contributed by atoms with Crippen LogP contribution >= 0.6 is 0 Å². The molecule has 2 saturated heterocycles. The number of likely N-dealkylation sites (tertiary alicyclic amines) is 1. The van der Waals surface area contributed by atoms with Crippen LogP contribution in [0.2, 0.25) is 0 Å². The van der Waals surface area contributed by atoms with Crippen LogP contribution in [0.5, 0.6) is 0 Å². The Labute approximate surface area is 84.4 Å². The average molecular weight is 198 g/mol. The van der Waals surface area contributed by atoms with E-state index in [1.165, 1.54) is 0 Å². The third-order valence-corrected chi connectivity index (χ3v) is 3.25. The van der Waals surface area contributed by atoms with Gasteiger partial charge in [-0.15, -0.1) is 0 Å². The van der Waals surface area contributed by atoms with Gasteiger partial charge in [0.25, 0.3) is 0 Å². The second-order valence-electron chi connectivity index (χ2n) is 4.21. The van der Waals surface area contributed by atoms with Crippen LogP contribution in [0.25, 0.3) is 0 Å². The number of ether oxygens (including phenoxy) is 1. The highest BCUT2D eigenvalue weighted by Crippen LogP contribution is 2.23. The van der Waals surface area contributed by atoms with E-state index in [9.17, 15) is 4.79 Å². The van der Waals surface area contributed by atoms with E-state index in [0.717, 1.165) is 32.4 Å². The van der Waals surface area contributed by atoms with Crippen LogP contribution in [-0.4, -0.2) is 42.1 Å². The van der Waals surface area contributed by atoms with Crippen LogP contribution in [0.3, 0.4) is 0 Å². The van der Waals surface area contributed by atoms with Crippen molar-refractivity contribution in [1.29, 1.82) is 0 Å². The average Bonchev–Trinajstić information content (AvgIpc) is 2.57. The van der Waals surface area contributed by atoms with Crippen molar-refractivity contribution in [3.05, 3.63) is 0 Å². The molecule has 0 aromatic rings. The Kier molecular flexibility index (Phi) is 2.74. The molecular weight excluding hydrogens is 180 g/mol. The molecule has 2 aliphatic heterocycles. The van der Waals surface area contributed by atoms with Crippen molar-refractivity contribution >= 4 is 5.91 Å². The quantitative estimate of drug-likeness (QED) is 0.651. The lowest BCUT2D eigenvalue weighted by Gasteiger charge is -2.36. The van der Waals surface area contributed by atoms with E-state index in [1.807, 2.05) is 11.8 Å². The molecule has 0 aromatic carbocycles. The monoisotopic (exact) mass is 198 g/mol. The van der Waals surface area contributed by atoms with Crippen LogP contribution < -0.4 is 5.73 Å². The number of nitrogens with zero attached hydrogens (tertiary/aromatic N) is 1. The van der Waals surface area contributed by atoms with Crippen LogP contribution in [0.1, 0.15) is 26.2 Å². The predicted molar refractivity (Wildman–Crippen MR) is 52.7 cm³/mol. The number of carbonyl (C=O) groups is 1. The molecule has 3 atom stereocenters. The third kappa shape index (κ3) is 1.64. The van der Waals surface area contributed by atoms with E-state index >= 15 is 0 Å². The first-order valence-corrected chi connectivity index (χ1v) is 5.38. The van der Waals surface area contributed by atoms with Gasteiger partial charge in [-0.1, -0.05) is 0 Å². The maximum Gasteiger partial charge on any atom is 0.239 e. The number of hydrogen-bond donors (Lipinski definition) is 1. The molecule has 0 aromatic heterocycles. The minimum absolute atomic E-state index is 0.110.